The largest absolute Gasteiger partial charge is 0.507 e. The number of aromatic nitrogens is 2. The highest BCUT2D eigenvalue weighted by Gasteiger charge is 2.45. The first-order valence-corrected chi connectivity index (χ1v) is 7.74. The van der Waals surface area contributed by atoms with E-state index in [2.05, 4.69) is 9.97 Å². The summed E-state index contributed by atoms with van der Waals surface area (Å²) in [7, 11) is 0. The molecular formula is C18H17N3O3. The van der Waals surface area contributed by atoms with E-state index >= 15 is 0 Å². The van der Waals surface area contributed by atoms with Crippen molar-refractivity contribution in [2.75, 3.05) is 6.54 Å². The van der Waals surface area contributed by atoms with E-state index in [-0.39, 0.29) is 11.3 Å². The van der Waals surface area contributed by atoms with E-state index in [1.165, 1.54) is 17.3 Å². The van der Waals surface area contributed by atoms with Crippen LogP contribution in [0.3, 0.4) is 0 Å². The number of rotatable bonds is 4. The molecule has 1 saturated heterocycles. The maximum atomic E-state index is 12.5. The molecule has 24 heavy (non-hydrogen) atoms. The molecule has 1 aliphatic heterocycles. The van der Waals surface area contributed by atoms with Gasteiger partial charge in [-0.2, -0.15) is 0 Å². The Labute approximate surface area is 139 Å². The number of hydrogen-bond acceptors (Lipinski definition) is 5. The Kier molecular flexibility index (Phi) is 4.37. The zero-order valence-electron chi connectivity index (χ0n) is 13.2. The lowest BCUT2D eigenvalue weighted by atomic mass is 9.96. The van der Waals surface area contributed by atoms with Crippen LogP contribution in [-0.4, -0.2) is 38.2 Å². The lowest BCUT2D eigenvalue weighted by Gasteiger charge is -2.24. The number of aliphatic hydroxyl groups is 1. The molecule has 1 N–H and O–H groups in total. The number of carbonyl (C=O) groups excluding carboxylic acids is 2. The average Bonchev–Trinajstić information content (AvgIpc) is 2.88. The molecule has 0 spiro atoms. The molecule has 3 heterocycles. The SMILES string of the molecule is CCCN1C(=O)C(=O)/C(=C(\O)c2ccncc2)C1c1ccncc1. The molecule has 2 aromatic heterocycles. The van der Waals surface area contributed by atoms with Gasteiger partial charge in [-0.3, -0.25) is 19.6 Å². The van der Waals surface area contributed by atoms with Crippen LogP contribution in [0.5, 0.6) is 0 Å². The highest BCUT2D eigenvalue weighted by Crippen LogP contribution is 2.38. The molecule has 0 saturated carbocycles. The van der Waals surface area contributed by atoms with Gasteiger partial charge in [-0.05, 0) is 36.2 Å². The summed E-state index contributed by atoms with van der Waals surface area (Å²) in [6, 6.07) is 6.09. The Morgan fingerprint density at radius 3 is 2.25 bits per heavy atom. The van der Waals surface area contributed by atoms with E-state index in [1.54, 1.807) is 36.7 Å². The summed E-state index contributed by atoms with van der Waals surface area (Å²) in [5.74, 6) is -1.44. The fraction of sp³-hybridized carbons (Fsp3) is 0.222. The van der Waals surface area contributed by atoms with Crippen LogP contribution in [0.15, 0.2) is 54.6 Å². The van der Waals surface area contributed by atoms with Gasteiger partial charge < -0.3 is 10.0 Å². The zero-order valence-corrected chi connectivity index (χ0v) is 13.2. The van der Waals surface area contributed by atoms with Crippen molar-refractivity contribution in [3.05, 3.63) is 65.8 Å². The van der Waals surface area contributed by atoms with Gasteiger partial charge in [0.15, 0.2) is 0 Å². The van der Waals surface area contributed by atoms with E-state index in [0.717, 1.165) is 5.56 Å². The second-order valence-corrected chi connectivity index (χ2v) is 5.51. The Bertz CT molecular complexity index is 788. The van der Waals surface area contributed by atoms with Gasteiger partial charge in [0.25, 0.3) is 11.7 Å². The van der Waals surface area contributed by atoms with Gasteiger partial charge in [0, 0.05) is 36.9 Å². The second kappa shape index (κ2) is 6.62. The first kappa shape index (κ1) is 15.9. The Morgan fingerprint density at radius 1 is 1.08 bits per heavy atom. The van der Waals surface area contributed by atoms with Crippen LogP contribution >= 0.6 is 0 Å². The van der Waals surface area contributed by atoms with Gasteiger partial charge in [0.1, 0.15) is 5.76 Å². The summed E-state index contributed by atoms with van der Waals surface area (Å²) in [6.07, 6.45) is 6.98. The molecule has 1 amide bonds. The summed E-state index contributed by atoms with van der Waals surface area (Å²) in [4.78, 5) is 34.4. The number of aliphatic hydroxyl groups excluding tert-OH is 1. The standard InChI is InChI=1S/C18H17N3O3/c1-2-11-21-15(12-3-7-19-8-4-12)14(17(23)18(21)24)16(22)13-5-9-20-10-6-13/h3-10,15,22H,2,11H2,1H3/b16-14-. The highest BCUT2D eigenvalue weighted by atomic mass is 16.3. The van der Waals surface area contributed by atoms with Crippen molar-refractivity contribution in [3.8, 4) is 0 Å². The summed E-state index contributed by atoms with van der Waals surface area (Å²) in [5.41, 5.74) is 1.30. The molecule has 122 valence electrons. The molecule has 6 nitrogen and oxygen atoms in total. The quantitative estimate of drug-likeness (QED) is 0.530. The molecule has 3 rings (SSSR count). The highest BCUT2D eigenvalue weighted by molar-refractivity contribution is 6.46. The van der Waals surface area contributed by atoms with Crippen molar-refractivity contribution >= 4 is 17.4 Å². The van der Waals surface area contributed by atoms with Gasteiger partial charge in [0.05, 0.1) is 11.6 Å². The molecular weight excluding hydrogens is 306 g/mol. The minimum atomic E-state index is -0.667. The number of ketones is 1. The molecule has 1 aliphatic rings. The summed E-state index contributed by atoms with van der Waals surface area (Å²) >= 11 is 0. The third-order valence-corrected chi connectivity index (χ3v) is 3.98. The maximum Gasteiger partial charge on any atom is 0.295 e. The van der Waals surface area contributed by atoms with Gasteiger partial charge in [-0.15, -0.1) is 0 Å². The number of Topliss-reactive ketones (excluding diaryl/α,β-unsaturated/α-hetero) is 1. The van der Waals surface area contributed by atoms with Crippen molar-refractivity contribution in [1.29, 1.82) is 0 Å². The summed E-state index contributed by atoms with van der Waals surface area (Å²) in [6.45, 7) is 2.37. The number of carbonyl (C=O) groups is 2. The molecule has 1 unspecified atom stereocenters. The van der Waals surface area contributed by atoms with Crippen molar-refractivity contribution in [2.45, 2.75) is 19.4 Å². The van der Waals surface area contributed by atoms with Crippen LogP contribution in [-0.2, 0) is 9.59 Å². The van der Waals surface area contributed by atoms with Crippen molar-refractivity contribution in [1.82, 2.24) is 14.9 Å². The lowest BCUT2D eigenvalue weighted by molar-refractivity contribution is -0.139. The fourth-order valence-corrected chi connectivity index (χ4v) is 2.91. The van der Waals surface area contributed by atoms with Crippen LogP contribution in [0.4, 0.5) is 0 Å². The van der Waals surface area contributed by atoms with Crippen molar-refractivity contribution in [2.24, 2.45) is 0 Å². The smallest absolute Gasteiger partial charge is 0.295 e. The average molecular weight is 323 g/mol. The van der Waals surface area contributed by atoms with E-state index in [0.29, 0.717) is 18.5 Å². The first-order chi connectivity index (χ1) is 11.6. The molecule has 6 heteroatoms. The van der Waals surface area contributed by atoms with E-state index in [9.17, 15) is 14.7 Å². The van der Waals surface area contributed by atoms with E-state index in [1.807, 2.05) is 6.92 Å². The van der Waals surface area contributed by atoms with Crippen LogP contribution in [0.1, 0.15) is 30.5 Å². The summed E-state index contributed by atoms with van der Waals surface area (Å²) < 4.78 is 0. The van der Waals surface area contributed by atoms with Gasteiger partial charge >= 0.3 is 0 Å². The Balaban J connectivity index is 2.18. The number of amides is 1. The monoisotopic (exact) mass is 323 g/mol. The number of hydrogen-bond donors (Lipinski definition) is 1. The Hall–Kier alpha value is -3.02. The zero-order chi connectivity index (χ0) is 17.1. The van der Waals surface area contributed by atoms with Crippen LogP contribution in [0, 0.1) is 0 Å². The molecule has 0 aromatic carbocycles. The maximum absolute atomic E-state index is 12.5. The molecule has 2 aromatic rings. The van der Waals surface area contributed by atoms with Gasteiger partial charge in [0.2, 0.25) is 0 Å². The number of likely N-dealkylation sites (tertiary alicyclic amines) is 1. The predicted molar refractivity (Wildman–Crippen MR) is 87.8 cm³/mol. The van der Waals surface area contributed by atoms with Crippen molar-refractivity contribution < 1.29 is 14.7 Å². The minimum absolute atomic E-state index is 0.103. The van der Waals surface area contributed by atoms with Crippen molar-refractivity contribution in [3.63, 3.8) is 0 Å². The molecule has 0 bridgehead atoms. The normalized spacial score (nSPS) is 19.7. The topological polar surface area (TPSA) is 83.4 Å². The van der Waals surface area contributed by atoms with E-state index in [4.69, 9.17) is 0 Å². The first-order valence-electron chi connectivity index (χ1n) is 7.74. The third-order valence-electron chi connectivity index (χ3n) is 3.98. The third kappa shape index (κ3) is 2.67. The minimum Gasteiger partial charge on any atom is -0.507 e. The van der Waals surface area contributed by atoms with Crippen LogP contribution in [0.25, 0.3) is 5.76 Å². The van der Waals surface area contributed by atoms with E-state index < -0.39 is 17.7 Å². The van der Waals surface area contributed by atoms with Crippen LogP contribution < -0.4 is 0 Å². The second-order valence-electron chi connectivity index (χ2n) is 5.51. The van der Waals surface area contributed by atoms with Gasteiger partial charge in [-0.25, -0.2) is 0 Å². The predicted octanol–water partition coefficient (Wildman–Crippen LogP) is 2.31. The van der Waals surface area contributed by atoms with Crippen LogP contribution in [0.2, 0.25) is 0 Å². The molecule has 0 radical (unpaired) electrons. The lowest BCUT2D eigenvalue weighted by Crippen LogP contribution is -2.30. The number of pyridine rings is 2. The number of nitrogens with zero attached hydrogens (tertiary/aromatic N) is 3. The molecule has 1 fully saturated rings. The molecule has 1 atom stereocenters. The summed E-state index contributed by atoms with van der Waals surface area (Å²) in [5, 5.41) is 10.7. The Morgan fingerprint density at radius 2 is 1.67 bits per heavy atom. The molecule has 0 aliphatic carbocycles. The van der Waals surface area contributed by atoms with Gasteiger partial charge in [-0.1, -0.05) is 6.92 Å². The fourth-order valence-electron chi connectivity index (χ4n) is 2.91.